The highest BCUT2D eigenvalue weighted by atomic mass is 16.5. The Labute approximate surface area is 39.7 Å². The van der Waals surface area contributed by atoms with E-state index in [-0.39, 0.29) is 6.58 Å². The van der Waals surface area contributed by atoms with Gasteiger partial charge in [0.1, 0.15) is 0 Å². The fourth-order valence-corrected chi connectivity index (χ4v) is 0.580. The van der Waals surface area contributed by atoms with Gasteiger partial charge in [-0.1, -0.05) is 0 Å². The standard InChI is InChI=1S/C5H10O/c1-2-4-6-5-3-1/h1-5H2/i4D/t4-/m1/s1. The van der Waals surface area contributed by atoms with Crippen molar-refractivity contribution in [3.63, 3.8) is 0 Å². The van der Waals surface area contributed by atoms with Crippen molar-refractivity contribution in [1.82, 2.24) is 0 Å². The van der Waals surface area contributed by atoms with Gasteiger partial charge in [-0.05, 0) is 19.3 Å². The number of hydrogen-bond acceptors (Lipinski definition) is 1. The van der Waals surface area contributed by atoms with Gasteiger partial charge in [0.15, 0.2) is 0 Å². The van der Waals surface area contributed by atoms with Gasteiger partial charge in [-0.3, -0.25) is 0 Å². The molecule has 1 heteroatoms. The molecule has 1 fully saturated rings. The molecule has 0 saturated carbocycles. The van der Waals surface area contributed by atoms with Gasteiger partial charge in [0, 0.05) is 13.2 Å². The van der Waals surface area contributed by atoms with Crippen molar-refractivity contribution in [3.05, 3.63) is 0 Å². The van der Waals surface area contributed by atoms with Crippen LogP contribution in [0.5, 0.6) is 0 Å². The molecule has 36 valence electrons. The molecule has 0 N–H and O–H groups in total. The summed E-state index contributed by atoms with van der Waals surface area (Å²) in [7, 11) is 0. The van der Waals surface area contributed by atoms with E-state index < -0.39 is 0 Å². The van der Waals surface area contributed by atoms with Crippen LogP contribution in [0, 0.1) is 0 Å². The number of hydrogen-bond donors (Lipinski definition) is 0. The van der Waals surface area contributed by atoms with Crippen LogP contribution in [0.15, 0.2) is 0 Å². The molecular weight excluding hydrogens is 76.1 g/mol. The number of rotatable bonds is 0. The van der Waals surface area contributed by atoms with E-state index in [0.29, 0.717) is 0 Å². The lowest BCUT2D eigenvalue weighted by Crippen LogP contribution is -2.03. The van der Waals surface area contributed by atoms with Crippen LogP contribution in [0.25, 0.3) is 0 Å². The molecule has 0 radical (unpaired) electrons. The van der Waals surface area contributed by atoms with Crippen molar-refractivity contribution in [2.24, 2.45) is 0 Å². The summed E-state index contributed by atoms with van der Waals surface area (Å²) < 4.78 is 12.0. The second-order valence-corrected chi connectivity index (χ2v) is 1.53. The van der Waals surface area contributed by atoms with Crippen molar-refractivity contribution in [1.29, 1.82) is 0 Å². The second-order valence-electron chi connectivity index (χ2n) is 1.53. The Balaban J connectivity index is 2.12. The second kappa shape index (κ2) is 2.19. The van der Waals surface area contributed by atoms with Crippen LogP contribution < -0.4 is 0 Å². The molecule has 0 unspecified atom stereocenters. The smallest absolute Gasteiger partial charge is 0.0567 e. The van der Waals surface area contributed by atoms with E-state index in [0.717, 1.165) is 19.4 Å². The van der Waals surface area contributed by atoms with Crippen LogP contribution in [0.3, 0.4) is 0 Å². The Bertz CT molecular complexity index is 50.0. The molecule has 1 aliphatic heterocycles. The first kappa shape index (κ1) is 3.03. The number of ether oxygens (including phenoxy) is 1. The van der Waals surface area contributed by atoms with Crippen LogP contribution in [-0.4, -0.2) is 13.2 Å². The normalized spacial score (nSPS) is 38.7. The summed E-state index contributed by atoms with van der Waals surface area (Å²) >= 11 is 0. The summed E-state index contributed by atoms with van der Waals surface area (Å²) in [4.78, 5) is 0. The highest BCUT2D eigenvalue weighted by Gasteiger charge is 1.94. The minimum atomic E-state index is -0.214. The van der Waals surface area contributed by atoms with E-state index in [1.165, 1.54) is 6.42 Å². The zero-order valence-corrected chi connectivity index (χ0v) is 3.81. The predicted octanol–water partition coefficient (Wildman–Crippen LogP) is 1.19. The fourth-order valence-electron chi connectivity index (χ4n) is 0.580. The van der Waals surface area contributed by atoms with Gasteiger partial charge in [-0.2, -0.15) is 0 Å². The summed E-state index contributed by atoms with van der Waals surface area (Å²) in [5, 5.41) is 0. The Hall–Kier alpha value is -0.0400. The minimum Gasteiger partial charge on any atom is -0.381 e. The van der Waals surface area contributed by atoms with E-state index in [2.05, 4.69) is 0 Å². The van der Waals surface area contributed by atoms with E-state index in [4.69, 9.17) is 6.11 Å². The van der Waals surface area contributed by atoms with Crippen molar-refractivity contribution in [3.8, 4) is 0 Å². The average molecular weight is 87.1 g/mol. The molecule has 1 atom stereocenters. The Kier molecular flexibility index (Phi) is 1.10. The van der Waals surface area contributed by atoms with Crippen LogP contribution in [0.2, 0.25) is 0 Å². The van der Waals surface area contributed by atoms with Gasteiger partial charge < -0.3 is 4.74 Å². The molecule has 6 heavy (non-hydrogen) atoms. The lowest BCUT2D eigenvalue weighted by molar-refractivity contribution is 0.0968. The maximum atomic E-state index is 7.05. The molecule has 0 aromatic heterocycles. The van der Waals surface area contributed by atoms with Crippen LogP contribution in [0.4, 0.5) is 0 Å². The first-order valence-electron chi connectivity index (χ1n) is 3.01. The highest BCUT2D eigenvalue weighted by Crippen LogP contribution is 2.01. The molecule has 0 aromatic rings. The zero-order chi connectivity index (χ0) is 5.11. The zero-order valence-electron chi connectivity index (χ0n) is 4.81. The van der Waals surface area contributed by atoms with E-state index in [1.54, 1.807) is 0 Å². The molecule has 1 nitrogen and oxygen atoms in total. The third-order valence-corrected chi connectivity index (χ3v) is 0.952. The predicted molar refractivity (Wildman–Crippen MR) is 24.7 cm³/mol. The molecule has 1 saturated heterocycles. The Morgan fingerprint density at radius 3 is 2.67 bits per heavy atom. The quantitative estimate of drug-likeness (QED) is 0.431. The van der Waals surface area contributed by atoms with Gasteiger partial charge in [-0.25, -0.2) is 0 Å². The summed E-state index contributed by atoms with van der Waals surface area (Å²) in [6.45, 7) is 0.586. The molecule has 0 amide bonds. The Morgan fingerprint density at radius 1 is 1.33 bits per heavy atom. The molecule has 1 heterocycles. The lowest BCUT2D eigenvalue weighted by Gasteiger charge is -2.08. The Morgan fingerprint density at radius 2 is 2.33 bits per heavy atom. The van der Waals surface area contributed by atoms with E-state index in [9.17, 15) is 0 Å². The largest absolute Gasteiger partial charge is 0.381 e. The van der Waals surface area contributed by atoms with Gasteiger partial charge in [-0.15, -0.1) is 0 Å². The maximum absolute atomic E-state index is 7.05. The van der Waals surface area contributed by atoms with E-state index >= 15 is 0 Å². The van der Waals surface area contributed by atoms with Gasteiger partial charge >= 0.3 is 0 Å². The van der Waals surface area contributed by atoms with E-state index in [1.807, 2.05) is 0 Å². The molecule has 0 bridgehead atoms. The molecule has 1 rings (SSSR count). The lowest BCUT2D eigenvalue weighted by atomic mass is 10.2. The van der Waals surface area contributed by atoms with Crippen molar-refractivity contribution >= 4 is 0 Å². The summed E-state index contributed by atoms with van der Waals surface area (Å²) in [5.41, 5.74) is 0. The molecule has 0 aliphatic carbocycles. The minimum absolute atomic E-state index is 0.214. The monoisotopic (exact) mass is 87.1 g/mol. The highest BCUT2D eigenvalue weighted by molar-refractivity contribution is 4.45. The first-order chi connectivity index (χ1) is 3.39. The third kappa shape index (κ3) is 0.977. The molecular formula is C5H10O. The third-order valence-electron chi connectivity index (χ3n) is 0.952. The van der Waals surface area contributed by atoms with Crippen LogP contribution in [-0.2, 0) is 4.74 Å². The van der Waals surface area contributed by atoms with Gasteiger partial charge in [0.2, 0.25) is 0 Å². The van der Waals surface area contributed by atoms with Crippen LogP contribution in [0.1, 0.15) is 20.6 Å². The summed E-state index contributed by atoms with van der Waals surface area (Å²) in [6, 6.07) is 0. The van der Waals surface area contributed by atoms with Crippen molar-refractivity contribution in [2.45, 2.75) is 19.3 Å². The van der Waals surface area contributed by atoms with Crippen LogP contribution >= 0.6 is 0 Å². The summed E-state index contributed by atoms with van der Waals surface area (Å²) in [6.07, 6.45) is 3.25. The van der Waals surface area contributed by atoms with Gasteiger partial charge in [0.25, 0.3) is 0 Å². The SMILES string of the molecule is [2H][C@@H]1CCCCO1. The average Bonchev–Trinajstić information content (AvgIpc) is 1.69. The topological polar surface area (TPSA) is 9.23 Å². The van der Waals surface area contributed by atoms with Gasteiger partial charge in [0.05, 0.1) is 1.37 Å². The first-order valence-corrected chi connectivity index (χ1v) is 2.43. The molecule has 1 aliphatic rings. The molecule has 0 spiro atoms. The molecule has 0 aromatic carbocycles. The van der Waals surface area contributed by atoms with Crippen molar-refractivity contribution < 1.29 is 6.11 Å². The summed E-state index contributed by atoms with van der Waals surface area (Å²) in [5.74, 6) is 0. The maximum Gasteiger partial charge on any atom is 0.0567 e. The van der Waals surface area contributed by atoms with Crippen molar-refractivity contribution in [2.75, 3.05) is 13.2 Å². The fraction of sp³-hybridized carbons (Fsp3) is 1.00.